The van der Waals surface area contributed by atoms with Gasteiger partial charge in [0.05, 0.1) is 0 Å². The first-order chi connectivity index (χ1) is 11.2. The molecule has 2 aromatic rings. The van der Waals surface area contributed by atoms with Gasteiger partial charge in [-0.05, 0) is 42.3 Å². The van der Waals surface area contributed by atoms with Crippen molar-refractivity contribution in [3.8, 4) is 5.75 Å². The van der Waals surface area contributed by atoms with Crippen LogP contribution >= 0.6 is 0 Å². The van der Waals surface area contributed by atoms with E-state index in [-0.39, 0.29) is 18.4 Å². The van der Waals surface area contributed by atoms with Gasteiger partial charge < -0.3 is 15.0 Å². The van der Waals surface area contributed by atoms with E-state index in [0.29, 0.717) is 17.9 Å². The van der Waals surface area contributed by atoms with E-state index in [1.54, 1.807) is 36.2 Å². The highest BCUT2D eigenvalue weighted by Crippen LogP contribution is 2.27. The Morgan fingerprint density at radius 2 is 1.87 bits per heavy atom. The summed E-state index contributed by atoms with van der Waals surface area (Å²) in [5.41, 5.74) is 2.71. The molecule has 2 amide bonds. The first kappa shape index (κ1) is 15.1. The number of benzene rings is 2. The van der Waals surface area contributed by atoms with Crippen LogP contribution in [0.15, 0.2) is 48.5 Å². The van der Waals surface area contributed by atoms with Crippen LogP contribution in [0.1, 0.15) is 15.9 Å². The smallest absolute Gasteiger partial charge is 0.264 e. The van der Waals surface area contributed by atoms with Crippen molar-refractivity contribution in [2.45, 2.75) is 6.42 Å². The Hall–Kier alpha value is -2.82. The van der Waals surface area contributed by atoms with Gasteiger partial charge in [0.25, 0.3) is 11.8 Å². The van der Waals surface area contributed by atoms with E-state index in [1.165, 1.54) is 5.56 Å². The number of fused-ring (bicyclic) bond motifs is 1. The Morgan fingerprint density at radius 1 is 1.13 bits per heavy atom. The molecular weight excluding hydrogens is 292 g/mol. The summed E-state index contributed by atoms with van der Waals surface area (Å²) in [4.78, 5) is 25.6. The van der Waals surface area contributed by atoms with E-state index in [2.05, 4.69) is 5.32 Å². The Labute approximate surface area is 134 Å². The number of carbonyl (C=O) groups excluding carboxylic acids is 2. The average Bonchev–Trinajstić information content (AvgIpc) is 3.03. The van der Waals surface area contributed by atoms with Gasteiger partial charge in [0, 0.05) is 24.8 Å². The summed E-state index contributed by atoms with van der Waals surface area (Å²) in [5.74, 6) is 0.352. The van der Waals surface area contributed by atoms with Crippen LogP contribution in [-0.2, 0) is 11.2 Å². The van der Waals surface area contributed by atoms with Gasteiger partial charge in [-0.3, -0.25) is 9.59 Å². The van der Waals surface area contributed by atoms with Crippen LogP contribution in [0.4, 0.5) is 5.69 Å². The number of hydrogen-bond donors (Lipinski definition) is 1. The van der Waals surface area contributed by atoms with Crippen molar-refractivity contribution in [1.29, 1.82) is 0 Å². The summed E-state index contributed by atoms with van der Waals surface area (Å²) in [6.45, 7) is 0.671. The van der Waals surface area contributed by atoms with Crippen molar-refractivity contribution in [2.24, 2.45) is 0 Å². The van der Waals surface area contributed by atoms with Crippen LogP contribution in [0, 0.1) is 0 Å². The van der Waals surface area contributed by atoms with Gasteiger partial charge in [0.2, 0.25) is 0 Å². The lowest BCUT2D eigenvalue weighted by molar-refractivity contribution is -0.120. The van der Waals surface area contributed by atoms with Crippen molar-refractivity contribution in [1.82, 2.24) is 5.32 Å². The van der Waals surface area contributed by atoms with Gasteiger partial charge in [-0.15, -0.1) is 0 Å². The Bertz CT molecular complexity index is 725. The first-order valence-electron chi connectivity index (χ1n) is 7.52. The molecule has 2 aromatic carbocycles. The molecule has 0 aromatic heterocycles. The molecule has 0 saturated carbocycles. The van der Waals surface area contributed by atoms with E-state index in [9.17, 15) is 9.59 Å². The van der Waals surface area contributed by atoms with Crippen LogP contribution in [0.25, 0.3) is 0 Å². The molecule has 118 valence electrons. The fraction of sp³-hybridized carbons (Fsp3) is 0.222. The maximum atomic E-state index is 12.3. The standard InChI is InChI=1S/C18H18N2O3/c1-19-18(22)14-6-8-15(9-7-14)23-12-17(21)20-11-10-13-4-2-3-5-16(13)20/h2-9H,10-12H2,1H3,(H,19,22). The molecule has 5 heteroatoms. The lowest BCUT2D eigenvalue weighted by Crippen LogP contribution is -2.33. The molecule has 1 heterocycles. The number of nitrogens with zero attached hydrogens (tertiary/aromatic N) is 1. The van der Waals surface area contributed by atoms with E-state index >= 15 is 0 Å². The number of para-hydroxylation sites is 1. The maximum Gasteiger partial charge on any atom is 0.264 e. The largest absolute Gasteiger partial charge is 0.484 e. The molecule has 5 nitrogen and oxygen atoms in total. The van der Waals surface area contributed by atoms with Crippen LogP contribution < -0.4 is 15.0 Å². The molecule has 0 atom stereocenters. The lowest BCUT2D eigenvalue weighted by Gasteiger charge is -2.17. The van der Waals surface area contributed by atoms with Gasteiger partial charge in [0.1, 0.15) is 5.75 Å². The van der Waals surface area contributed by atoms with Crippen molar-refractivity contribution in [3.63, 3.8) is 0 Å². The zero-order valence-electron chi connectivity index (χ0n) is 12.9. The van der Waals surface area contributed by atoms with Gasteiger partial charge in [-0.1, -0.05) is 18.2 Å². The second-order valence-corrected chi connectivity index (χ2v) is 5.32. The highest BCUT2D eigenvalue weighted by Gasteiger charge is 2.24. The third-order valence-corrected chi connectivity index (χ3v) is 3.89. The first-order valence-corrected chi connectivity index (χ1v) is 7.52. The highest BCUT2D eigenvalue weighted by molar-refractivity contribution is 5.96. The second-order valence-electron chi connectivity index (χ2n) is 5.32. The molecule has 0 fully saturated rings. The van der Waals surface area contributed by atoms with Gasteiger partial charge in [-0.2, -0.15) is 0 Å². The summed E-state index contributed by atoms with van der Waals surface area (Å²) in [6.07, 6.45) is 0.878. The minimum atomic E-state index is -0.152. The van der Waals surface area contributed by atoms with Crippen LogP contribution in [-0.4, -0.2) is 32.0 Å². The molecular formula is C18H18N2O3. The molecule has 3 rings (SSSR count). The number of ether oxygens (including phenoxy) is 1. The Kier molecular flexibility index (Phi) is 4.28. The minimum Gasteiger partial charge on any atom is -0.484 e. The molecule has 1 aliphatic heterocycles. The molecule has 0 saturated heterocycles. The summed E-state index contributed by atoms with van der Waals surface area (Å²) in [6, 6.07) is 14.6. The Morgan fingerprint density at radius 3 is 2.61 bits per heavy atom. The number of anilines is 1. The van der Waals surface area contributed by atoms with Crippen molar-refractivity contribution in [2.75, 3.05) is 25.1 Å². The van der Waals surface area contributed by atoms with E-state index in [4.69, 9.17) is 4.74 Å². The normalized spacial score (nSPS) is 12.7. The summed E-state index contributed by atoms with van der Waals surface area (Å²) < 4.78 is 5.54. The zero-order chi connectivity index (χ0) is 16.2. The minimum absolute atomic E-state index is 0.0202. The van der Waals surface area contributed by atoms with Crippen LogP contribution in [0.5, 0.6) is 5.75 Å². The summed E-state index contributed by atoms with van der Waals surface area (Å²) in [7, 11) is 1.58. The van der Waals surface area contributed by atoms with Gasteiger partial charge in [-0.25, -0.2) is 0 Å². The fourth-order valence-corrected chi connectivity index (χ4v) is 2.67. The lowest BCUT2D eigenvalue weighted by atomic mass is 10.2. The van der Waals surface area contributed by atoms with Crippen LogP contribution in [0.2, 0.25) is 0 Å². The Balaban J connectivity index is 1.61. The maximum absolute atomic E-state index is 12.3. The third kappa shape index (κ3) is 3.18. The fourth-order valence-electron chi connectivity index (χ4n) is 2.67. The second kappa shape index (κ2) is 6.52. The topological polar surface area (TPSA) is 58.6 Å². The third-order valence-electron chi connectivity index (χ3n) is 3.89. The van der Waals surface area contributed by atoms with Gasteiger partial charge >= 0.3 is 0 Å². The molecule has 1 N–H and O–H groups in total. The quantitative estimate of drug-likeness (QED) is 0.940. The number of carbonyl (C=O) groups is 2. The molecule has 0 spiro atoms. The monoisotopic (exact) mass is 310 g/mol. The molecule has 0 aliphatic carbocycles. The summed E-state index contributed by atoms with van der Waals surface area (Å²) >= 11 is 0. The van der Waals surface area contributed by atoms with E-state index in [0.717, 1.165) is 12.1 Å². The average molecular weight is 310 g/mol. The predicted octanol–water partition coefficient (Wildman–Crippen LogP) is 2.01. The van der Waals surface area contributed by atoms with Crippen molar-refractivity contribution >= 4 is 17.5 Å². The predicted molar refractivity (Wildman–Crippen MR) is 87.8 cm³/mol. The van der Waals surface area contributed by atoms with Gasteiger partial charge in [0.15, 0.2) is 6.61 Å². The number of rotatable bonds is 4. The number of hydrogen-bond acceptors (Lipinski definition) is 3. The van der Waals surface area contributed by atoms with Crippen molar-refractivity contribution in [3.05, 3.63) is 59.7 Å². The van der Waals surface area contributed by atoms with Crippen molar-refractivity contribution < 1.29 is 14.3 Å². The van der Waals surface area contributed by atoms with Crippen LogP contribution in [0.3, 0.4) is 0 Å². The molecule has 23 heavy (non-hydrogen) atoms. The summed E-state index contributed by atoms with van der Waals surface area (Å²) in [5, 5.41) is 2.56. The highest BCUT2D eigenvalue weighted by atomic mass is 16.5. The number of amides is 2. The molecule has 0 bridgehead atoms. The SMILES string of the molecule is CNC(=O)c1ccc(OCC(=O)N2CCc3ccccc32)cc1. The van der Waals surface area contributed by atoms with E-state index in [1.807, 2.05) is 24.3 Å². The molecule has 1 aliphatic rings. The zero-order valence-corrected chi connectivity index (χ0v) is 12.9. The number of nitrogens with one attached hydrogen (secondary N) is 1. The van der Waals surface area contributed by atoms with E-state index < -0.39 is 0 Å². The molecule has 0 unspecified atom stereocenters. The molecule has 0 radical (unpaired) electrons.